The highest BCUT2D eigenvalue weighted by atomic mass is 32.2. The van der Waals surface area contributed by atoms with E-state index in [2.05, 4.69) is 20.7 Å². The Balaban J connectivity index is 1.65. The lowest BCUT2D eigenvalue weighted by atomic mass is 10.3. The fourth-order valence-electron chi connectivity index (χ4n) is 2.30. The summed E-state index contributed by atoms with van der Waals surface area (Å²) in [5.74, 6) is 0.842. The highest BCUT2D eigenvalue weighted by Crippen LogP contribution is 2.37. The quantitative estimate of drug-likeness (QED) is 0.581. The molecule has 1 saturated carbocycles. The number of amides is 2. The van der Waals surface area contributed by atoms with Crippen LogP contribution in [0.3, 0.4) is 0 Å². The zero-order chi connectivity index (χ0) is 18.0. The van der Waals surface area contributed by atoms with Crippen molar-refractivity contribution >= 4 is 45.9 Å². The third kappa shape index (κ3) is 4.37. The Hall–Kier alpha value is -1.94. The van der Waals surface area contributed by atoms with E-state index in [1.807, 2.05) is 6.92 Å². The second-order valence-corrected chi connectivity index (χ2v) is 8.20. The third-order valence-electron chi connectivity index (χ3n) is 3.64. The van der Waals surface area contributed by atoms with Crippen LogP contribution < -0.4 is 10.2 Å². The summed E-state index contributed by atoms with van der Waals surface area (Å²) >= 11 is 2.68. The standard InChI is InChI=1S/C15H19N5O3S2/c1-4-11(13(22)16-12-7-8(2)23-19-12)24-15-18-17-14(25-15)20(9(3)21)10-5-6-10/h7,10-11H,4-6H2,1-3H3,(H,16,19,22)/t11-/m1/s1. The number of carbonyl (C=O) groups excluding carboxylic acids is 2. The summed E-state index contributed by atoms with van der Waals surface area (Å²) in [5.41, 5.74) is 0. The average Bonchev–Trinajstić information content (AvgIpc) is 3.13. The summed E-state index contributed by atoms with van der Waals surface area (Å²) in [4.78, 5) is 25.9. The van der Waals surface area contributed by atoms with Crippen molar-refractivity contribution in [1.29, 1.82) is 0 Å². The minimum absolute atomic E-state index is 0.0265. The highest BCUT2D eigenvalue weighted by Gasteiger charge is 2.34. The van der Waals surface area contributed by atoms with Crippen molar-refractivity contribution in [3.8, 4) is 0 Å². The Kier molecular flexibility index (Phi) is 5.38. The van der Waals surface area contributed by atoms with Gasteiger partial charge in [-0.2, -0.15) is 0 Å². The number of rotatable bonds is 7. The van der Waals surface area contributed by atoms with Crippen LogP contribution in [0.4, 0.5) is 10.9 Å². The van der Waals surface area contributed by atoms with Crippen LogP contribution in [0, 0.1) is 6.92 Å². The topological polar surface area (TPSA) is 101 Å². The van der Waals surface area contributed by atoms with E-state index >= 15 is 0 Å². The number of hydrogen-bond donors (Lipinski definition) is 1. The Morgan fingerprint density at radius 1 is 1.48 bits per heavy atom. The Morgan fingerprint density at radius 3 is 2.80 bits per heavy atom. The van der Waals surface area contributed by atoms with E-state index in [4.69, 9.17) is 4.52 Å². The Morgan fingerprint density at radius 2 is 2.24 bits per heavy atom. The first-order valence-corrected chi connectivity index (χ1v) is 9.71. The lowest BCUT2D eigenvalue weighted by molar-refractivity contribution is -0.117. The number of hydrogen-bond acceptors (Lipinski definition) is 8. The fourth-order valence-corrected chi connectivity index (χ4v) is 4.43. The first-order chi connectivity index (χ1) is 12.0. The predicted octanol–water partition coefficient (Wildman–Crippen LogP) is 2.86. The summed E-state index contributed by atoms with van der Waals surface area (Å²) < 4.78 is 5.62. The van der Waals surface area contributed by atoms with Crippen LogP contribution in [0.1, 0.15) is 38.9 Å². The molecule has 0 unspecified atom stereocenters. The van der Waals surface area contributed by atoms with Gasteiger partial charge < -0.3 is 9.84 Å². The average molecular weight is 381 g/mol. The van der Waals surface area contributed by atoms with Crippen molar-refractivity contribution in [2.45, 2.75) is 55.7 Å². The van der Waals surface area contributed by atoms with Crippen LogP contribution in [0.15, 0.2) is 14.9 Å². The first kappa shape index (κ1) is 17.9. The number of aromatic nitrogens is 3. The minimum atomic E-state index is -0.329. The number of carbonyl (C=O) groups is 2. The number of nitrogens with one attached hydrogen (secondary N) is 1. The van der Waals surface area contributed by atoms with Crippen molar-refractivity contribution < 1.29 is 14.1 Å². The molecule has 2 aromatic heterocycles. The number of aryl methyl sites for hydroxylation is 1. The molecule has 0 aliphatic heterocycles. The van der Waals surface area contributed by atoms with Gasteiger partial charge in [0.2, 0.25) is 16.9 Å². The second kappa shape index (κ2) is 7.52. The monoisotopic (exact) mass is 381 g/mol. The maximum absolute atomic E-state index is 12.4. The summed E-state index contributed by atoms with van der Waals surface area (Å²) in [6.45, 7) is 5.23. The molecule has 1 fully saturated rings. The van der Waals surface area contributed by atoms with Crippen molar-refractivity contribution in [2.75, 3.05) is 10.2 Å². The maximum atomic E-state index is 12.4. The summed E-state index contributed by atoms with van der Waals surface area (Å²) in [7, 11) is 0. The molecule has 0 aromatic carbocycles. The summed E-state index contributed by atoms with van der Waals surface area (Å²) in [5, 5.41) is 15.0. The van der Waals surface area contributed by atoms with Crippen LogP contribution in [0.5, 0.6) is 0 Å². The van der Waals surface area contributed by atoms with Gasteiger partial charge in [0.15, 0.2) is 10.2 Å². The summed E-state index contributed by atoms with van der Waals surface area (Å²) in [6, 6.07) is 1.91. The largest absolute Gasteiger partial charge is 0.360 e. The van der Waals surface area contributed by atoms with Crippen molar-refractivity contribution in [3.63, 3.8) is 0 Å². The molecule has 0 bridgehead atoms. The van der Waals surface area contributed by atoms with Gasteiger partial charge in [0.25, 0.3) is 0 Å². The zero-order valence-corrected chi connectivity index (χ0v) is 15.8. The smallest absolute Gasteiger partial charge is 0.239 e. The normalized spacial score (nSPS) is 15.0. The number of thioether (sulfide) groups is 1. The Labute approximate surface area is 153 Å². The molecule has 1 aliphatic rings. The molecule has 1 atom stereocenters. The van der Waals surface area contributed by atoms with Crippen LogP contribution in [0.25, 0.3) is 0 Å². The van der Waals surface area contributed by atoms with E-state index in [1.165, 1.54) is 30.0 Å². The van der Waals surface area contributed by atoms with E-state index in [1.54, 1.807) is 17.9 Å². The van der Waals surface area contributed by atoms with Gasteiger partial charge in [0, 0.05) is 19.0 Å². The molecule has 0 spiro atoms. The molecule has 10 heteroatoms. The fraction of sp³-hybridized carbons (Fsp3) is 0.533. The summed E-state index contributed by atoms with van der Waals surface area (Å²) in [6.07, 6.45) is 2.62. The maximum Gasteiger partial charge on any atom is 0.239 e. The predicted molar refractivity (Wildman–Crippen MR) is 95.9 cm³/mol. The molecule has 134 valence electrons. The molecule has 2 amide bonds. The van der Waals surface area contributed by atoms with E-state index in [0.717, 1.165) is 12.8 Å². The van der Waals surface area contributed by atoms with Gasteiger partial charge in [-0.1, -0.05) is 35.2 Å². The van der Waals surface area contributed by atoms with Gasteiger partial charge in [-0.05, 0) is 26.2 Å². The Bertz CT molecular complexity index is 771. The van der Waals surface area contributed by atoms with Gasteiger partial charge in [0.05, 0.1) is 5.25 Å². The van der Waals surface area contributed by atoms with Crippen LogP contribution in [0.2, 0.25) is 0 Å². The van der Waals surface area contributed by atoms with E-state index in [9.17, 15) is 9.59 Å². The van der Waals surface area contributed by atoms with Gasteiger partial charge in [-0.25, -0.2) is 0 Å². The first-order valence-electron chi connectivity index (χ1n) is 8.02. The molecule has 1 N–H and O–H groups in total. The molecule has 8 nitrogen and oxygen atoms in total. The number of nitrogens with zero attached hydrogens (tertiary/aromatic N) is 4. The lowest BCUT2D eigenvalue weighted by Gasteiger charge is -2.15. The van der Waals surface area contributed by atoms with Crippen molar-refractivity contribution in [2.24, 2.45) is 0 Å². The van der Waals surface area contributed by atoms with Crippen LogP contribution in [-0.4, -0.2) is 38.5 Å². The van der Waals surface area contributed by atoms with Crippen LogP contribution >= 0.6 is 23.1 Å². The molecule has 3 rings (SSSR count). The van der Waals surface area contributed by atoms with Gasteiger partial charge in [-0.3, -0.25) is 14.5 Å². The van der Waals surface area contributed by atoms with Gasteiger partial charge >= 0.3 is 0 Å². The molecule has 0 saturated heterocycles. The molecule has 25 heavy (non-hydrogen) atoms. The van der Waals surface area contributed by atoms with E-state index in [0.29, 0.717) is 27.5 Å². The van der Waals surface area contributed by atoms with Crippen molar-refractivity contribution in [1.82, 2.24) is 15.4 Å². The molecular weight excluding hydrogens is 362 g/mol. The molecule has 2 aromatic rings. The molecule has 0 radical (unpaired) electrons. The highest BCUT2D eigenvalue weighted by molar-refractivity contribution is 8.02. The molecule has 2 heterocycles. The van der Waals surface area contributed by atoms with Gasteiger partial charge in [-0.15, -0.1) is 10.2 Å². The SMILES string of the molecule is CC[C@@H](Sc1nnc(N(C(C)=O)C2CC2)s1)C(=O)Nc1cc(C)on1. The van der Waals surface area contributed by atoms with Crippen molar-refractivity contribution in [3.05, 3.63) is 11.8 Å². The molecule has 1 aliphatic carbocycles. The zero-order valence-electron chi connectivity index (χ0n) is 14.2. The van der Waals surface area contributed by atoms with Gasteiger partial charge in [0.1, 0.15) is 5.76 Å². The van der Waals surface area contributed by atoms with E-state index in [-0.39, 0.29) is 23.1 Å². The third-order valence-corrected chi connectivity index (χ3v) is 6.01. The number of anilines is 2. The minimum Gasteiger partial charge on any atom is -0.360 e. The van der Waals surface area contributed by atoms with E-state index < -0.39 is 0 Å². The second-order valence-electron chi connectivity index (χ2n) is 5.80. The molecular formula is C15H19N5O3S2. The van der Waals surface area contributed by atoms with Crippen LogP contribution in [-0.2, 0) is 9.59 Å². The lowest BCUT2D eigenvalue weighted by Crippen LogP contribution is -2.30.